The van der Waals surface area contributed by atoms with Crippen molar-refractivity contribution in [3.63, 3.8) is 0 Å². The third kappa shape index (κ3) is 3.35. The summed E-state index contributed by atoms with van der Waals surface area (Å²) in [4.78, 5) is 4.10. The van der Waals surface area contributed by atoms with Gasteiger partial charge in [0.25, 0.3) is 0 Å². The van der Waals surface area contributed by atoms with Crippen LogP contribution in [0.2, 0.25) is 0 Å². The van der Waals surface area contributed by atoms with E-state index >= 15 is 0 Å². The number of benzene rings is 1. The van der Waals surface area contributed by atoms with E-state index in [4.69, 9.17) is 17.0 Å². The van der Waals surface area contributed by atoms with Crippen molar-refractivity contribution < 1.29 is 4.74 Å². The van der Waals surface area contributed by atoms with Gasteiger partial charge in [0.1, 0.15) is 5.75 Å². The van der Waals surface area contributed by atoms with Crippen LogP contribution >= 0.6 is 12.2 Å². The molecule has 2 heterocycles. The SMILES string of the molecule is CCOc1ccccc1C=Nn1c(-c2cccnc2)n[nH]c1=S. The van der Waals surface area contributed by atoms with Gasteiger partial charge in [0.05, 0.1) is 12.8 Å². The highest BCUT2D eigenvalue weighted by Crippen LogP contribution is 2.18. The van der Waals surface area contributed by atoms with E-state index in [1.165, 1.54) is 0 Å². The standard InChI is InChI=1S/C16H15N5OS/c1-2-22-14-8-4-3-6-12(14)11-18-21-15(19-20-16(21)23)13-7-5-9-17-10-13/h3-11H,2H2,1H3,(H,20,23). The number of aromatic nitrogens is 4. The molecule has 1 aromatic carbocycles. The van der Waals surface area contributed by atoms with E-state index in [1.54, 1.807) is 23.3 Å². The number of hydrogen-bond acceptors (Lipinski definition) is 5. The van der Waals surface area contributed by atoms with Crippen molar-refractivity contribution in [2.45, 2.75) is 6.92 Å². The minimum Gasteiger partial charge on any atom is -0.493 e. The molecule has 0 spiro atoms. The van der Waals surface area contributed by atoms with Gasteiger partial charge in [0, 0.05) is 23.5 Å². The minimum atomic E-state index is 0.411. The van der Waals surface area contributed by atoms with E-state index in [0.29, 0.717) is 17.2 Å². The van der Waals surface area contributed by atoms with Crippen LogP contribution in [0.5, 0.6) is 5.75 Å². The lowest BCUT2D eigenvalue weighted by Crippen LogP contribution is -1.98. The quantitative estimate of drug-likeness (QED) is 0.577. The van der Waals surface area contributed by atoms with E-state index in [-0.39, 0.29) is 0 Å². The number of nitrogens with one attached hydrogen (secondary N) is 1. The summed E-state index contributed by atoms with van der Waals surface area (Å²) in [5.74, 6) is 1.38. The number of aromatic amines is 1. The van der Waals surface area contributed by atoms with E-state index in [9.17, 15) is 0 Å². The molecular weight excluding hydrogens is 310 g/mol. The van der Waals surface area contributed by atoms with Crippen molar-refractivity contribution >= 4 is 18.4 Å². The lowest BCUT2D eigenvalue weighted by atomic mass is 10.2. The van der Waals surface area contributed by atoms with Gasteiger partial charge < -0.3 is 4.74 Å². The van der Waals surface area contributed by atoms with Crippen LogP contribution in [0, 0.1) is 4.77 Å². The molecule has 0 aliphatic carbocycles. The Balaban J connectivity index is 1.98. The maximum absolute atomic E-state index is 5.59. The Morgan fingerprint density at radius 2 is 2.17 bits per heavy atom. The molecule has 0 bridgehead atoms. The highest BCUT2D eigenvalue weighted by Gasteiger charge is 2.08. The predicted molar refractivity (Wildman–Crippen MR) is 91.2 cm³/mol. The largest absolute Gasteiger partial charge is 0.493 e. The monoisotopic (exact) mass is 325 g/mol. The van der Waals surface area contributed by atoms with Crippen LogP contribution in [0.25, 0.3) is 11.4 Å². The summed E-state index contributed by atoms with van der Waals surface area (Å²) in [6.45, 7) is 2.54. The minimum absolute atomic E-state index is 0.411. The van der Waals surface area contributed by atoms with Crippen LogP contribution in [0.1, 0.15) is 12.5 Å². The Morgan fingerprint density at radius 3 is 2.96 bits per heavy atom. The molecule has 0 unspecified atom stereocenters. The Bertz CT molecular complexity index is 869. The average Bonchev–Trinajstić information content (AvgIpc) is 2.96. The lowest BCUT2D eigenvalue weighted by molar-refractivity contribution is 0.340. The van der Waals surface area contributed by atoms with Crippen LogP contribution in [-0.2, 0) is 0 Å². The second-order valence-corrected chi connectivity index (χ2v) is 5.01. The van der Waals surface area contributed by atoms with Gasteiger partial charge in [-0.2, -0.15) is 14.9 Å². The van der Waals surface area contributed by atoms with Gasteiger partial charge in [-0.25, -0.2) is 5.10 Å². The molecular formula is C16H15N5OS. The summed E-state index contributed by atoms with van der Waals surface area (Å²) in [5.41, 5.74) is 1.70. The summed E-state index contributed by atoms with van der Waals surface area (Å²) in [6, 6.07) is 11.4. The molecule has 6 nitrogen and oxygen atoms in total. The molecule has 0 fully saturated rings. The Labute approximate surface area is 138 Å². The summed E-state index contributed by atoms with van der Waals surface area (Å²) >= 11 is 5.25. The van der Waals surface area contributed by atoms with Crippen LogP contribution < -0.4 is 4.74 Å². The molecule has 0 saturated heterocycles. The van der Waals surface area contributed by atoms with Crippen LogP contribution in [-0.4, -0.2) is 32.7 Å². The van der Waals surface area contributed by atoms with Crippen LogP contribution in [0.3, 0.4) is 0 Å². The maximum atomic E-state index is 5.59. The molecule has 1 N–H and O–H groups in total. The van der Waals surface area contributed by atoms with Crippen molar-refractivity contribution in [1.29, 1.82) is 0 Å². The third-order valence-electron chi connectivity index (χ3n) is 3.10. The highest BCUT2D eigenvalue weighted by atomic mass is 32.1. The van der Waals surface area contributed by atoms with E-state index < -0.39 is 0 Å². The molecule has 3 rings (SSSR count). The van der Waals surface area contributed by atoms with Crippen molar-refractivity contribution in [3.8, 4) is 17.1 Å². The Kier molecular flexibility index (Phi) is 4.58. The lowest BCUT2D eigenvalue weighted by Gasteiger charge is -2.06. The number of nitrogens with zero attached hydrogens (tertiary/aromatic N) is 4. The fourth-order valence-electron chi connectivity index (χ4n) is 2.07. The van der Waals surface area contributed by atoms with E-state index in [2.05, 4.69) is 20.3 Å². The van der Waals surface area contributed by atoms with Gasteiger partial charge >= 0.3 is 0 Å². The zero-order valence-electron chi connectivity index (χ0n) is 12.5. The first-order valence-corrected chi connectivity index (χ1v) is 7.54. The van der Waals surface area contributed by atoms with Gasteiger partial charge in [-0.15, -0.1) is 0 Å². The number of H-pyrrole nitrogens is 1. The second kappa shape index (κ2) is 6.97. The van der Waals surface area contributed by atoms with Crippen LogP contribution in [0.15, 0.2) is 53.9 Å². The Hall–Kier alpha value is -2.80. The zero-order valence-corrected chi connectivity index (χ0v) is 13.3. The number of para-hydroxylation sites is 1. The fourth-order valence-corrected chi connectivity index (χ4v) is 2.25. The summed E-state index contributed by atoms with van der Waals surface area (Å²) in [6.07, 6.45) is 5.12. The van der Waals surface area contributed by atoms with Gasteiger partial charge in [0.2, 0.25) is 4.77 Å². The number of ether oxygens (including phenoxy) is 1. The van der Waals surface area contributed by atoms with Crippen molar-refractivity contribution in [2.75, 3.05) is 6.61 Å². The zero-order chi connectivity index (χ0) is 16.1. The fraction of sp³-hybridized carbons (Fsp3) is 0.125. The van der Waals surface area contributed by atoms with Crippen molar-refractivity contribution in [2.24, 2.45) is 5.10 Å². The van der Waals surface area contributed by atoms with Gasteiger partial charge in [-0.3, -0.25) is 4.98 Å². The molecule has 116 valence electrons. The van der Waals surface area contributed by atoms with Gasteiger partial charge in [-0.1, -0.05) is 12.1 Å². The molecule has 0 aliphatic heterocycles. The van der Waals surface area contributed by atoms with Crippen molar-refractivity contribution in [3.05, 3.63) is 59.1 Å². The third-order valence-corrected chi connectivity index (χ3v) is 3.37. The molecule has 2 aromatic heterocycles. The van der Waals surface area contributed by atoms with Crippen molar-refractivity contribution in [1.82, 2.24) is 19.9 Å². The first-order chi connectivity index (χ1) is 11.3. The molecule has 0 amide bonds. The number of pyridine rings is 1. The average molecular weight is 325 g/mol. The molecule has 0 radical (unpaired) electrons. The maximum Gasteiger partial charge on any atom is 0.216 e. The first-order valence-electron chi connectivity index (χ1n) is 7.13. The smallest absolute Gasteiger partial charge is 0.216 e. The summed E-state index contributed by atoms with van der Waals surface area (Å²) in [5, 5.41) is 11.4. The topological polar surface area (TPSA) is 68.1 Å². The molecule has 0 saturated carbocycles. The molecule has 3 aromatic rings. The van der Waals surface area contributed by atoms with E-state index in [1.807, 2.05) is 43.3 Å². The summed E-state index contributed by atoms with van der Waals surface area (Å²) < 4.78 is 7.57. The second-order valence-electron chi connectivity index (χ2n) is 4.62. The summed E-state index contributed by atoms with van der Waals surface area (Å²) in [7, 11) is 0. The van der Waals surface area contributed by atoms with E-state index in [0.717, 1.165) is 16.9 Å². The molecule has 0 aliphatic rings. The molecule has 7 heteroatoms. The Morgan fingerprint density at radius 1 is 1.30 bits per heavy atom. The predicted octanol–water partition coefficient (Wildman–Crippen LogP) is 3.28. The van der Waals surface area contributed by atoms with Gasteiger partial charge in [-0.05, 0) is 43.4 Å². The highest BCUT2D eigenvalue weighted by molar-refractivity contribution is 7.71. The normalized spacial score (nSPS) is 11.0. The van der Waals surface area contributed by atoms with Crippen LogP contribution in [0.4, 0.5) is 0 Å². The van der Waals surface area contributed by atoms with Gasteiger partial charge in [0.15, 0.2) is 5.82 Å². The number of hydrogen-bond donors (Lipinski definition) is 1. The number of rotatable bonds is 5. The molecule has 23 heavy (non-hydrogen) atoms. The molecule has 0 atom stereocenters. The first kappa shape index (κ1) is 15.1.